The number of benzene rings is 3. The van der Waals surface area contributed by atoms with Gasteiger partial charge in [0.2, 0.25) is 0 Å². The topological polar surface area (TPSA) is 72.9 Å². The van der Waals surface area contributed by atoms with Crippen LogP contribution in [0.15, 0.2) is 71.6 Å². The van der Waals surface area contributed by atoms with Gasteiger partial charge in [0.1, 0.15) is 0 Å². The fourth-order valence-electron chi connectivity index (χ4n) is 3.35. The quantitative estimate of drug-likeness (QED) is 0.190. The van der Waals surface area contributed by atoms with Crippen LogP contribution in [0.5, 0.6) is 11.5 Å². The molecule has 35 heavy (non-hydrogen) atoms. The smallest absolute Gasteiger partial charge is 0.343 e. The van der Waals surface area contributed by atoms with Crippen molar-refractivity contribution < 1.29 is 23.9 Å². The zero-order chi connectivity index (χ0) is 24.9. The third-order valence-electron chi connectivity index (χ3n) is 4.93. The molecule has 2 amide bonds. The van der Waals surface area contributed by atoms with Crippen LogP contribution in [0.25, 0.3) is 6.08 Å². The second-order valence-corrected chi connectivity index (χ2v) is 9.30. The van der Waals surface area contributed by atoms with Crippen molar-refractivity contribution >= 4 is 58.2 Å². The van der Waals surface area contributed by atoms with Gasteiger partial charge < -0.3 is 9.47 Å². The van der Waals surface area contributed by atoms with Gasteiger partial charge >= 0.3 is 5.97 Å². The van der Waals surface area contributed by atoms with Crippen molar-refractivity contribution in [1.82, 2.24) is 4.90 Å². The van der Waals surface area contributed by atoms with Crippen LogP contribution in [0, 0.1) is 0 Å². The molecular formula is C26H19Cl2NO5S. The summed E-state index contributed by atoms with van der Waals surface area (Å²) in [6.45, 7) is 2.27. The van der Waals surface area contributed by atoms with Gasteiger partial charge in [-0.05, 0) is 78.4 Å². The SMILES string of the molecule is CCOc1cc(/C=C2\SC(=O)N(Cc3cccc(Cl)c3)C2=O)ccc1OC(=O)c1cccc(Cl)c1. The minimum atomic E-state index is -0.580. The summed E-state index contributed by atoms with van der Waals surface area (Å²) in [6, 6.07) is 18.3. The normalized spacial score (nSPS) is 14.5. The minimum absolute atomic E-state index is 0.130. The van der Waals surface area contributed by atoms with E-state index in [2.05, 4.69) is 0 Å². The summed E-state index contributed by atoms with van der Waals surface area (Å²) in [5.74, 6) is -0.421. The number of nitrogens with zero attached hydrogens (tertiary/aromatic N) is 1. The largest absolute Gasteiger partial charge is 0.490 e. The van der Waals surface area contributed by atoms with Crippen LogP contribution < -0.4 is 9.47 Å². The van der Waals surface area contributed by atoms with E-state index in [0.717, 1.165) is 17.3 Å². The molecular weight excluding hydrogens is 509 g/mol. The zero-order valence-electron chi connectivity index (χ0n) is 18.5. The Kier molecular flexibility index (Phi) is 7.80. The van der Waals surface area contributed by atoms with E-state index in [0.29, 0.717) is 33.5 Å². The monoisotopic (exact) mass is 527 g/mol. The Hall–Kier alpha value is -3.26. The maximum absolute atomic E-state index is 12.9. The first kappa shape index (κ1) is 24.9. The molecule has 4 rings (SSSR count). The van der Waals surface area contributed by atoms with Gasteiger partial charge in [0.25, 0.3) is 11.1 Å². The van der Waals surface area contributed by atoms with Crippen LogP contribution in [0.3, 0.4) is 0 Å². The number of rotatable bonds is 7. The average molecular weight is 528 g/mol. The standard InChI is InChI=1S/C26H19Cl2NO5S/c1-2-33-22-12-16(9-10-21(22)34-25(31)18-6-4-8-20(28)14-18)13-23-24(30)29(26(32)35-23)15-17-5-3-7-19(27)11-17/h3-14H,2,15H2,1H3/b23-13-. The third-order valence-corrected chi connectivity index (χ3v) is 6.31. The highest BCUT2D eigenvalue weighted by molar-refractivity contribution is 8.18. The second kappa shape index (κ2) is 11.0. The van der Waals surface area contributed by atoms with Crippen molar-refractivity contribution in [2.75, 3.05) is 6.61 Å². The molecule has 1 fully saturated rings. The van der Waals surface area contributed by atoms with Crippen molar-refractivity contribution in [3.05, 3.63) is 98.4 Å². The molecule has 0 bridgehead atoms. The average Bonchev–Trinajstić information content (AvgIpc) is 3.08. The van der Waals surface area contributed by atoms with Gasteiger partial charge in [0.15, 0.2) is 11.5 Å². The van der Waals surface area contributed by atoms with E-state index < -0.39 is 11.9 Å². The molecule has 178 valence electrons. The lowest BCUT2D eigenvalue weighted by Crippen LogP contribution is -2.27. The van der Waals surface area contributed by atoms with E-state index in [1.807, 2.05) is 0 Å². The third kappa shape index (κ3) is 6.06. The van der Waals surface area contributed by atoms with Crippen LogP contribution in [0.1, 0.15) is 28.4 Å². The van der Waals surface area contributed by atoms with Crippen molar-refractivity contribution in [2.45, 2.75) is 13.5 Å². The van der Waals surface area contributed by atoms with Crippen LogP contribution in [-0.2, 0) is 11.3 Å². The number of hydrogen-bond acceptors (Lipinski definition) is 6. The fraction of sp³-hybridized carbons (Fsp3) is 0.115. The van der Waals surface area contributed by atoms with Crippen molar-refractivity contribution in [3.63, 3.8) is 0 Å². The molecule has 3 aromatic rings. The summed E-state index contributed by atoms with van der Waals surface area (Å²) >= 11 is 12.8. The summed E-state index contributed by atoms with van der Waals surface area (Å²) in [4.78, 5) is 39.3. The summed E-state index contributed by atoms with van der Waals surface area (Å²) in [6.07, 6.45) is 1.61. The van der Waals surface area contributed by atoms with Crippen LogP contribution in [0.4, 0.5) is 4.79 Å². The minimum Gasteiger partial charge on any atom is -0.490 e. The lowest BCUT2D eigenvalue weighted by Gasteiger charge is -2.13. The molecule has 9 heteroatoms. The molecule has 0 radical (unpaired) electrons. The Bertz CT molecular complexity index is 1340. The fourth-order valence-corrected chi connectivity index (χ4v) is 4.59. The predicted molar refractivity (Wildman–Crippen MR) is 137 cm³/mol. The molecule has 1 heterocycles. The highest BCUT2D eigenvalue weighted by Gasteiger charge is 2.35. The van der Waals surface area contributed by atoms with E-state index >= 15 is 0 Å². The number of carbonyl (C=O) groups excluding carboxylic acids is 3. The highest BCUT2D eigenvalue weighted by atomic mass is 35.5. The molecule has 1 aliphatic rings. The summed E-state index contributed by atoms with van der Waals surface area (Å²) in [5, 5.41) is 0.590. The first-order chi connectivity index (χ1) is 16.8. The lowest BCUT2D eigenvalue weighted by atomic mass is 10.1. The Labute approximate surface area is 216 Å². The highest BCUT2D eigenvalue weighted by Crippen LogP contribution is 2.36. The van der Waals surface area contributed by atoms with E-state index in [9.17, 15) is 14.4 Å². The second-order valence-electron chi connectivity index (χ2n) is 7.44. The lowest BCUT2D eigenvalue weighted by molar-refractivity contribution is -0.123. The van der Waals surface area contributed by atoms with Gasteiger partial charge in [-0.15, -0.1) is 0 Å². The van der Waals surface area contributed by atoms with Gasteiger partial charge in [-0.2, -0.15) is 0 Å². The summed E-state index contributed by atoms with van der Waals surface area (Å²) in [5.41, 5.74) is 1.67. The number of carbonyl (C=O) groups is 3. The zero-order valence-corrected chi connectivity index (χ0v) is 20.8. The maximum Gasteiger partial charge on any atom is 0.343 e. The summed E-state index contributed by atoms with van der Waals surface area (Å²) < 4.78 is 11.2. The van der Waals surface area contributed by atoms with Gasteiger partial charge in [-0.3, -0.25) is 14.5 Å². The molecule has 0 aliphatic carbocycles. The van der Waals surface area contributed by atoms with Crippen LogP contribution in [-0.4, -0.2) is 28.6 Å². The van der Waals surface area contributed by atoms with E-state index in [1.54, 1.807) is 73.7 Å². The van der Waals surface area contributed by atoms with Gasteiger partial charge in [-0.25, -0.2) is 4.79 Å². The molecule has 0 N–H and O–H groups in total. The molecule has 0 aromatic heterocycles. The van der Waals surface area contributed by atoms with Crippen LogP contribution in [0.2, 0.25) is 10.0 Å². The van der Waals surface area contributed by atoms with Crippen molar-refractivity contribution in [3.8, 4) is 11.5 Å². The van der Waals surface area contributed by atoms with Crippen molar-refractivity contribution in [1.29, 1.82) is 0 Å². The first-order valence-electron chi connectivity index (χ1n) is 10.6. The molecule has 6 nitrogen and oxygen atoms in total. The maximum atomic E-state index is 12.9. The molecule has 1 saturated heterocycles. The number of amides is 2. The molecule has 0 atom stereocenters. The van der Waals surface area contributed by atoms with E-state index in [4.69, 9.17) is 32.7 Å². The van der Waals surface area contributed by atoms with E-state index in [-0.39, 0.29) is 22.4 Å². The Balaban J connectivity index is 1.54. The van der Waals surface area contributed by atoms with E-state index in [1.165, 1.54) is 11.0 Å². The van der Waals surface area contributed by atoms with Gasteiger partial charge in [0, 0.05) is 10.0 Å². The van der Waals surface area contributed by atoms with Crippen molar-refractivity contribution in [2.24, 2.45) is 0 Å². The summed E-state index contributed by atoms with van der Waals surface area (Å²) in [7, 11) is 0. The first-order valence-corrected chi connectivity index (χ1v) is 12.2. The number of ether oxygens (including phenoxy) is 2. The molecule has 0 spiro atoms. The molecule has 0 unspecified atom stereocenters. The van der Waals surface area contributed by atoms with Gasteiger partial charge in [0.05, 0.1) is 23.6 Å². The Morgan fingerprint density at radius 3 is 2.43 bits per heavy atom. The molecule has 1 aliphatic heterocycles. The van der Waals surface area contributed by atoms with Crippen LogP contribution >= 0.6 is 35.0 Å². The molecule has 0 saturated carbocycles. The number of imide groups is 1. The Morgan fingerprint density at radius 2 is 1.71 bits per heavy atom. The number of esters is 1. The molecule has 3 aromatic carbocycles. The Morgan fingerprint density at radius 1 is 0.971 bits per heavy atom. The van der Waals surface area contributed by atoms with Gasteiger partial charge in [-0.1, -0.05) is 47.5 Å². The predicted octanol–water partition coefficient (Wildman–Crippen LogP) is 6.85. The number of halogens is 2. The number of hydrogen-bond donors (Lipinski definition) is 0. The number of thioether (sulfide) groups is 1.